The molecule has 1 aromatic heterocycles. The van der Waals surface area contributed by atoms with E-state index in [-0.39, 0.29) is 57.6 Å². The fraction of sp³-hybridized carbons (Fsp3) is 0.182. The number of amides is 1. The van der Waals surface area contributed by atoms with Gasteiger partial charge in [-0.05, 0) is 49.6 Å². The number of fused-ring (bicyclic) bond motifs is 3. The Morgan fingerprint density at radius 1 is 0.864 bits per heavy atom. The van der Waals surface area contributed by atoms with Gasteiger partial charge in [-0.1, -0.05) is 42.5 Å². The molecule has 0 spiro atoms. The van der Waals surface area contributed by atoms with E-state index in [1.54, 1.807) is 31.2 Å². The number of ether oxygens (including phenoxy) is 4. The molecule has 0 radical (unpaired) electrons. The number of rotatable bonds is 8. The van der Waals surface area contributed by atoms with Gasteiger partial charge in [-0.15, -0.1) is 11.3 Å². The largest absolute Gasteiger partial charge is 0.462 e. The first-order valence-corrected chi connectivity index (χ1v) is 14.5. The molecule has 0 bridgehead atoms. The Morgan fingerprint density at radius 2 is 1.59 bits per heavy atom. The summed E-state index contributed by atoms with van der Waals surface area (Å²) in [4.78, 5) is 66.1. The fourth-order valence-electron chi connectivity index (χ4n) is 5.24. The van der Waals surface area contributed by atoms with E-state index >= 15 is 0 Å². The van der Waals surface area contributed by atoms with Crippen molar-refractivity contribution in [3.63, 3.8) is 0 Å². The van der Waals surface area contributed by atoms with E-state index in [1.165, 1.54) is 35.6 Å². The van der Waals surface area contributed by atoms with E-state index in [0.29, 0.717) is 23.5 Å². The van der Waals surface area contributed by atoms with Crippen molar-refractivity contribution >= 4 is 45.8 Å². The van der Waals surface area contributed by atoms with Crippen molar-refractivity contribution in [3.8, 4) is 11.5 Å². The lowest BCUT2D eigenvalue weighted by Gasteiger charge is -2.19. The number of benzene rings is 3. The van der Waals surface area contributed by atoms with Gasteiger partial charge in [0.1, 0.15) is 5.00 Å². The number of thiophene rings is 1. The molecule has 10 nitrogen and oxygen atoms in total. The van der Waals surface area contributed by atoms with Crippen molar-refractivity contribution in [1.82, 2.24) is 0 Å². The van der Waals surface area contributed by atoms with Crippen LogP contribution in [0.25, 0.3) is 0 Å². The second-order valence-electron chi connectivity index (χ2n) is 9.98. The maximum Gasteiger partial charge on any atom is 0.341 e. The Bertz CT molecular complexity index is 1870. The molecule has 222 valence electrons. The van der Waals surface area contributed by atoms with E-state index in [1.807, 2.05) is 19.1 Å². The van der Waals surface area contributed by atoms with Gasteiger partial charge < -0.3 is 24.3 Å². The number of aryl methyl sites for hydroxylation is 1. The second-order valence-corrected chi connectivity index (χ2v) is 11.2. The summed E-state index contributed by atoms with van der Waals surface area (Å²) in [5.41, 5.74) is 2.13. The third-order valence-electron chi connectivity index (χ3n) is 7.27. The molecular formula is C33H25NO9S. The molecule has 2 aliphatic rings. The lowest BCUT2D eigenvalue weighted by atomic mass is 9.82. The average Bonchev–Trinajstić information content (AvgIpc) is 3.61. The minimum Gasteiger partial charge on any atom is -0.462 e. The van der Waals surface area contributed by atoms with Crippen LogP contribution in [0.3, 0.4) is 0 Å². The molecule has 44 heavy (non-hydrogen) atoms. The summed E-state index contributed by atoms with van der Waals surface area (Å²) in [5.74, 6) is -1.83. The van der Waals surface area contributed by atoms with Gasteiger partial charge in [0.05, 0.1) is 17.7 Å². The Morgan fingerprint density at radius 3 is 2.36 bits per heavy atom. The monoisotopic (exact) mass is 611 g/mol. The molecular weight excluding hydrogens is 586 g/mol. The minimum absolute atomic E-state index is 0.0618. The first-order valence-electron chi connectivity index (χ1n) is 13.7. The number of nitrogens with one attached hydrogen (secondary N) is 1. The van der Waals surface area contributed by atoms with Crippen LogP contribution in [0, 0.1) is 6.92 Å². The molecule has 0 saturated heterocycles. The number of carbonyl (C=O) groups is 5. The van der Waals surface area contributed by atoms with Crippen LogP contribution in [0.4, 0.5) is 5.00 Å². The van der Waals surface area contributed by atoms with Gasteiger partial charge in [0.25, 0.3) is 5.91 Å². The van der Waals surface area contributed by atoms with Gasteiger partial charge in [0.2, 0.25) is 6.79 Å². The van der Waals surface area contributed by atoms with Crippen LogP contribution in [0.15, 0.2) is 60.7 Å². The molecule has 6 rings (SSSR count). The number of hydrogen-bond acceptors (Lipinski definition) is 10. The maximum atomic E-state index is 13.2. The van der Waals surface area contributed by atoms with Gasteiger partial charge >= 0.3 is 11.9 Å². The Labute approximate surface area is 255 Å². The minimum atomic E-state index is -0.936. The molecule has 0 saturated carbocycles. The Kier molecular flexibility index (Phi) is 7.71. The first kappa shape index (κ1) is 28.8. The summed E-state index contributed by atoms with van der Waals surface area (Å²) in [6.45, 7) is 3.10. The van der Waals surface area contributed by atoms with Gasteiger partial charge in [-0.2, -0.15) is 0 Å². The van der Waals surface area contributed by atoms with Crippen molar-refractivity contribution < 1.29 is 42.9 Å². The molecule has 1 aliphatic carbocycles. The lowest BCUT2D eigenvalue weighted by molar-refractivity contribution is -0.119. The van der Waals surface area contributed by atoms with Crippen molar-refractivity contribution in [3.05, 3.63) is 110 Å². The SMILES string of the molecule is CCOC(=O)c1c(NC(=O)COC(=O)c2cccc3c2C(=O)c2ccccc2C3=O)sc(C)c1Cc1ccc2c(c1)OCO2. The molecule has 3 aromatic carbocycles. The smallest absolute Gasteiger partial charge is 0.341 e. The summed E-state index contributed by atoms with van der Waals surface area (Å²) in [6, 6.07) is 16.2. The molecule has 4 aromatic rings. The number of ketones is 2. The van der Waals surface area contributed by atoms with Crippen LogP contribution in [0.1, 0.15) is 75.5 Å². The molecule has 2 heterocycles. The highest BCUT2D eigenvalue weighted by Crippen LogP contribution is 2.38. The van der Waals surface area contributed by atoms with Gasteiger partial charge in [-0.25, -0.2) is 9.59 Å². The van der Waals surface area contributed by atoms with Gasteiger partial charge in [-0.3, -0.25) is 14.4 Å². The normalized spacial score (nSPS) is 12.8. The first-order chi connectivity index (χ1) is 21.3. The molecule has 1 amide bonds. The Balaban J connectivity index is 1.20. The predicted molar refractivity (Wildman–Crippen MR) is 159 cm³/mol. The third-order valence-corrected chi connectivity index (χ3v) is 8.33. The Hall–Kier alpha value is -5.29. The predicted octanol–water partition coefficient (Wildman–Crippen LogP) is 5.12. The van der Waals surface area contributed by atoms with Crippen molar-refractivity contribution in [2.75, 3.05) is 25.3 Å². The lowest BCUT2D eigenvalue weighted by Crippen LogP contribution is -2.26. The highest BCUT2D eigenvalue weighted by molar-refractivity contribution is 7.16. The van der Waals surface area contributed by atoms with E-state index in [0.717, 1.165) is 10.4 Å². The molecule has 0 atom stereocenters. The number of hydrogen-bond donors (Lipinski definition) is 1. The molecule has 1 N–H and O–H groups in total. The number of carbonyl (C=O) groups excluding carboxylic acids is 5. The average molecular weight is 612 g/mol. The summed E-state index contributed by atoms with van der Waals surface area (Å²) in [7, 11) is 0. The van der Waals surface area contributed by atoms with Crippen LogP contribution >= 0.6 is 11.3 Å². The van der Waals surface area contributed by atoms with Crippen LogP contribution in [0.5, 0.6) is 11.5 Å². The summed E-state index contributed by atoms with van der Waals surface area (Å²) < 4.78 is 21.4. The van der Waals surface area contributed by atoms with Gasteiger partial charge in [0.15, 0.2) is 29.7 Å². The molecule has 11 heteroatoms. The topological polar surface area (TPSA) is 134 Å². The molecule has 0 fully saturated rings. The van der Waals surface area contributed by atoms with Crippen molar-refractivity contribution in [2.24, 2.45) is 0 Å². The standard InChI is InChI=1S/C33H25NO9S/c1-3-40-33(39)28-23(13-18-11-12-24-25(14-18)43-16-42-24)17(2)44-31(28)34-26(35)15-41-32(38)22-10-6-9-21-27(22)30(37)20-8-5-4-7-19(20)29(21)36/h4-12,14H,3,13,15-16H2,1-2H3,(H,34,35). The fourth-order valence-corrected chi connectivity index (χ4v) is 6.32. The van der Waals surface area contributed by atoms with E-state index < -0.39 is 30.2 Å². The second kappa shape index (κ2) is 11.8. The van der Waals surface area contributed by atoms with E-state index in [4.69, 9.17) is 18.9 Å². The number of anilines is 1. The quantitative estimate of drug-likeness (QED) is 0.237. The van der Waals surface area contributed by atoms with Crippen molar-refractivity contribution in [2.45, 2.75) is 20.3 Å². The zero-order valence-electron chi connectivity index (χ0n) is 23.7. The summed E-state index contributed by atoms with van der Waals surface area (Å²) in [6.07, 6.45) is 0.368. The molecule has 0 unspecified atom stereocenters. The van der Waals surface area contributed by atoms with Crippen LogP contribution in [-0.2, 0) is 20.7 Å². The zero-order chi connectivity index (χ0) is 31.0. The van der Waals surface area contributed by atoms with Crippen LogP contribution in [-0.4, -0.2) is 49.4 Å². The van der Waals surface area contributed by atoms with Crippen LogP contribution in [0.2, 0.25) is 0 Å². The zero-order valence-corrected chi connectivity index (χ0v) is 24.5. The summed E-state index contributed by atoms with van der Waals surface area (Å²) >= 11 is 1.20. The van der Waals surface area contributed by atoms with Gasteiger partial charge in [0, 0.05) is 27.1 Å². The summed E-state index contributed by atoms with van der Waals surface area (Å²) in [5, 5.41) is 2.93. The molecule has 1 aliphatic heterocycles. The van der Waals surface area contributed by atoms with Crippen molar-refractivity contribution in [1.29, 1.82) is 0 Å². The number of esters is 2. The third kappa shape index (κ3) is 5.22. The highest BCUT2D eigenvalue weighted by Gasteiger charge is 2.33. The van der Waals surface area contributed by atoms with E-state index in [9.17, 15) is 24.0 Å². The van der Waals surface area contributed by atoms with E-state index in [2.05, 4.69) is 5.32 Å². The highest BCUT2D eigenvalue weighted by atomic mass is 32.1. The maximum absolute atomic E-state index is 13.2. The van der Waals surface area contributed by atoms with Crippen LogP contribution < -0.4 is 14.8 Å².